The minimum absolute atomic E-state index is 0.103. The molecule has 0 amide bonds. The first-order chi connectivity index (χ1) is 10.1. The molecule has 116 valence electrons. The maximum absolute atomic E-state index is 11.8. The molecule has 1 aliphatic carbocycles. The van der Waals surface area contributed by atoms with Crippen LogP contribution in [0.3, 0.4) is 0 Å². The summed E-state index contributed by atoms with van der Waals surface area (Å²) in [5.74, 6) is -0.393. The first-order valence-corrected chi connectivity index (χ1v) is 7.71. The van der Waals surface area contributed by atoms with Crippen molar-refractivity contribution < 1.29 is 14.6 Å². The van der Waals surface area contributed by atoms with E-state index in [0.29, 0.717) is 22.8 Å². The summed E-state index contributed by atoms with van der Waals surface area (Å²) in [6, 6.07) is 5.05. The highest BCUT2D eigenvalue weighted by atomic mass is 35.5. The topological polar surface area (TPSA) is 58.6 Å². The van der Waals surface area contributed by atoms with Crippen molar-refractivity contribution in [1.82, 2.24) is 0 Å². The largest absolute Gasteiger partial charge is 0.465 e. The summed E-state index contributed by atoms with van der Waals surface area (Å²) in [6.07, 6.45) is 5.52. The molecule has 1 aromatic carbocycles. The molecule has 0 bridgehead atoms. The lowest BCUT2D eigenvalue weighted by molar-refractivity contribution is 0.0601. The van der Waals surface area contributed by atoms with Gasteiger partial charge in [-0.25, -0.2) is 4.79 Å². The molecular weight excluding hydrogens is 290 g/mol. The average Bonchev–Trinajstić information content (AvgIpc) is 2.53. The summed E-state index contributed by atoms with van der Waals surface area (Å²) in [7, 11) is 1.36. The van der Waals surface area contributed by atoms with Crippen LogP contribution in [-0.2, 0) is 4.74 Å². The predicted octanol–water partition coefficient (Wildman–Crippen LogP) is 3.48. The van der Waals surface area contributed by atoms with Crippen LogP contribution < -0.4 is 5.32 Å². The summed E-state index contributed by atoms with van der Waals surface area (Å²) in [5, 5.41) is 13.6. The molecule has 2 N–H and O–H groups in total. The van der Waals surface area contributed by atoms with Crippen LogP contribution in [0.5, 0.6) is 0 Å². The SMILES string of the molecule is COC(=O)c1ccc(Cl)cc1NCC1(CO)CCCCC1. The van der Waals surface area contributed by atoms with Crippen LogP contribution in [0.2, 0.25) is 5.02 Å². The van der Waals surface area contributed by atoms with E-state index in [1.807, 2.05) is 0 Å². The van der Waals surface area contributed by atoms with Gasteiger partial charge in [0.25, 0.3) is 0 Å². The smallest absolute Gasteiger partial charge is 0.339 e. The number of esters is 1. The molecule has 1 aromatic rings. The van der Waals surface area contributed by atoms with Crippen molar-refractivity contribution in [2.75, 3.05) is 25.6 Å². The highest BCUT2D eigenvalue weighted by Crippen LogP contribution is 2.36. The lowest BCUT2D eigenvalue weighted by atomic mass is 9.74. The van der Waals surface area contributed by atoms with Crippen molar-refractivity contribution in [1.29, 1.82) is 0 Å². The van der Waals surface area contributed by atoms with Crippen LogP contribution in [0.25, 0.3) is 0 Å². The van der Waals surface area contributed by atoms with Gasteiger partial charge in [-0.1, -0.05) is 30.9 Å². The van der Waals surface area contributed by atoms with E-state index in [2.05, 4.69) is 5.32 Å². The van der Waals surface area contributed by atoms with Crippen molar-refractivity contribution in [3.63, 3.8) is 0 Å². The second-order valence-electron chi connectivity index (χ2n) is 5.75. The van der Waals surface area contributed by atoms with Gasteiger partial charge in [0.1, 0.15) is 0 Å². The number of hydrogen-bond acceptors (Lipinski definition) is 4. The molecular formula is C16H22ClNO3. The van der Waals surface area contributed by atoms with Gasteiger partial charge in [0.2, 0.25) is 0 Å². The third-order valence-corrected chi connectivity index (χ3v) is 4.53. The number of benzene rings is 1. The first-order valence-electron chi connectivity index (χ1n) is 7.33. The molecule has 0 spiro atoms. The van der Waals surface area contributed by atoms with Crippen LogP contribution in [0.1, 0.15) is 42.5 Å². The summed E-state index contributed by atoms with van der Waals surface area (Å²) in [5.41, 5.74) is 1.02. The number of nitrogens with one attached hydrogen (secondary N) is 1. The minimum Gasteiger partial charge on any atom is -0.465 e. The van der Waals surface area contributed by atoms with Gasteiger partial charge in [-0.15, -0.1) is 0 Å². The zero-order chi connectivity index (χ0) is 15.3. The minimum atomic E-state index is -0.393. The Morgan fingerprint density at radius 2 is 2.10 bits per heavy atom. The molecule has 0 aromatic heterocycles. The Hall–Kier alpha value is -1.26. The Bertz CT molecular complexity index is 498. The quantitative estimate of drug-likeness (QED) is 0.817. The maximum atomic E-state index is 11.8. The molecule has 1 aliphatic rings. The van der Waals surface area contributed by atoms with Gasteiger partial charge in [-0.2, -0.15) is 0 Å². The Balaban J connectivity index is 2.14. The number of halogens is 1. The molecule has 4 nitrogen and oxygen atoms in total. The number of rotatable bonds is 5. The van der Waals surface area contributed by atoms with Crippen molar-refractivity contribution in [3.8, 4) is 0 Å². The summed E-state index contributed by atoms with van der Waals surface area (Å²) in [6.45, 7) is 0.794. The van der Waals surface area contributed by atoms with E-state index in [4.69, 9.17) is 16.3 Å². The van der Waals surface area contributed by atoms with E-state index in [-0.39, 0.29) is 12.0 Å². The Morgan fingerprint density at radius 3 is 2.71 bits per heavy atom. The van der Waals surface area contributed by atoms with Gasteiger partial charge >= 0.3 is 5.97 Å². The van der Waals surface area contributed by atoms with E-state index in [9.17, 15) is 9.90 Å². The predicted molar refractivity (Wildman–Crippen MR) is 83.9 cm³/mol. The molecule has 0 atom stereocenters. The van der Waals surface area contributed by atoms with Gasteiger partial charge in [-0.3, -0.25) is 0 Å². The molecule has 0 aliphatic heterocycles. The lowest BCUT2D eigenvalue weighted by Gasteiger charge is -2.36. The van der Waals surface area contributed by atoms with Crippen LogP contribution in [0.15, 0.2) is 18.2 Å². The number of carbonyl (C=O) groups is 1. The fourth-order valence-corrected chi connectivity index (χ4v) is 3.10. The van der Waals surface area contributed by atoms with Gasteiger partial charge < -0.3 is 15.2 Å². The highest BCUT2D eigenvalue weighted by Gasteiger charge is 2.31. The number of hydrogen-bond donors (Lipinski definition) is 2. The van der Waals surface area contributed by atoms with Crippen molar-refractivity contribution in [2.45, 2.75) is 32.1 Å². The number of ether oxygens (including phenoxy) is 1. The van der Waals surface area contributed by atoms with Gasteiger partial charge in [0, 0.05) is 17.0 Å². The van der Waals surface area contributed by atoms with E-state index < -0.39 is 5.97 Å². The van der Waals surface area contributed by atoms with E-state index >= 15 is 0 Å². The monoisotopic (exact) mass is 311 g/mol. The highest BCUT2D eigenvalue weighted by molar-refractivity contribution is 6.31. The molecule has 5 heteroatoms. The molecule has 0 saturated heterocycles. The molecule has 1 fully saturated rings. The average molecular weight is 312 g/mol. The zero-order valence-electron chi connectivity index (χ0n) is 12.3. The molecule has 0 unspecified atom stereocenters. The van der Waals surface area contributed by atoms with Crippen molar-refractivity contribution in [3.05, 3.63) is 28.8 Å². The van der Waals surface area contributed by atoms with Gasteiger partial charge in [0.15, 0.2) is 0 Å². The Morgan fingerprint density at radius 1 is 1.38 bits per heavy atom. The van der Waals surface area contributed by atoms with E-state index in [1.54, 1.807) is 18.2 Å². The number of anilines is 1. The molecule has 21 heavy (non-hydrogen) atoms. The Labute approximate surface area is 130 Å². The van der Waals surface area contributed by atoms with Gasteiger partial charge in [-0.05, 0) is 31.0 Å². The van der Waals surface area contributed by atoms with E-state index in [0.717, 1.165) is 25.7 Å². The summed E-state index contributed by atoms with van der Waals surface area (Å²) < 4.78 is 4.79. The maximum Gasteiger partial charge on any atom is 0.339 e. The lowest BCUT2D eigenvalue weighted by Crippen LogP contribution is -2.35. The van der Waals surface area contributed by atoms with Crippen LogP contribution in [0.4, 0.5) is 5.69 Å². The summed E-state index contributed by atoms with van der Waals surface area (Å²) >= 11 is 6.01. The normalized spacial score (nSPS) is 17.3. The second kappa shape index (κ2) is 7.14. The third kappa shape index (κ3) is 3.89. The molecule has 0 heterocycles. The molecule has 2 rings (SSSR count). The summed E-state index contributed by atoms with van der Waals surface area (Å²) in [4.78, 5) is 11.8. The zero-order valence-corrected chi connectivity index (χ0v) is 13.1. The van der Waals surface area contributed by atoms with Crippen molar-refractivity contribution in [2.24, 2.45) is 5.41 Å². The van der Waals surface area contributed by atoms with Gasteiger partial charge in [0.05, 0.1) is 25.0 Å². The number of carbonyl (C=O) groups excluding carboxylic acids is 1. The fourth-order valence-electron chi connectivity index (χ4n) is 2.93. The number of methoxy groups -OCH3 is 1. The molecule has 0 radical (unpaired) electrons. The number of aliphatic hydroxyl groups is 1. The first kappa shape index (κ1) is 16.1. The molecule has 1 saturated carbocycles. The number of aliphatic hydroxyl groups excluding tert-OH is 1. The van der Waals surface area contributed by atoms with Crippen LogP contribution in [-0.4, -0.2) is 31.3 Å². The fraction of sp³-hybridized carbons (Fsp3) is 0.562. The third-order valence-electron chi connectivity index (χ3n) is 4.29. The van der Waals surface area contributed by atoms with Crippen LogP contribution in [0, 0.1) is 5.41 Å². The second-order valence-corrected chi connectivity index (χ2v) is 6.19. The van der Waals surface area contributed by atoms with Crippen LogP contribution >= 0.6 is 11.6 Å². The Kier molecular flexibility index (Phi) is 5.48. The van der Waals surface area contributed by atoms with Crippen molar-refractivity contribution >= 4 is 23.3 Å². The standard InChI is InChI=1S/C16H22ClNO3/c1-21-15(20)13-6-5-12(17)9-14(13)18-10-16(11-19)7-3-2-4-8-16/h5-6,9,18-19H,2-4,7-8,10-11H2,1H3. The van der Waals surface area contributed by atoms with E-state index in [1.165, 1.54) is 13.5 Å².